The lowest BCUT2D eigenvalue weighted by Crippen LogP contribution is -2.27. The Labute approximate surface area is 105 Å². The van der Waals surface area contributed by atoms with E-state index in [0.29, 0.717) is 10.7 Å². The van der Waals surface area contributed by atoms with Crippen molar-refractivity contribution in [2.75, 3.05) is 0 Å². The zero-order chi connectivity index (χ0) is 12.4. The highest BCUT2D eigenvalue weighted by Gasteiger charge is 2.24. The third kappa shape index (κ3) is 2.90. The van der Waals surface area contributed by atoms with Crippen molar-refractivity contribution in [3.8, 4) is 0 Å². The van der Waals surface area contributed by atoms with Gasteiger partial charge >= 0.3 is 0 Å². The zero-order valence-corrected chi connectivity index (χ0v) is 11.0. The van der Waals surface area contributed by atoms with Crippen LogP contribution >= 0.6 is 11.8 Å². The third-order valence-electron chi connectivity index (χ3n) is 3.30. The van der Waals surface area contributed by atoms with Gasteiger partial charge in [-0.15, -0.1) is 0 Å². The van der Waals surface area contributed by atoms with Gasteiger partial charge in [-0.25, -0.2) is 4.98 Å². The van der Waals surface area contributed by atoms with Crippen LogP contribution in [0.25, 0.3) is 0 Å². The van der Waals surface area contributed by atoms with Gasteiger partial charge < -0.3 is 10.1 Å². The minimum atomic E-state index is -0.277. The van der Waals surface area contributed by atoms with Gasteiger partial charge in [-0.3, -0.25) is 4.79 Å². The number of rotatable bonds is 2. The van der Waals surface area contributed by atoms with Gasteiger partial charge in [0.15, 0.2) is 5.16 Å². The molecule has 0 radical (unpaired) electrons. The minimum Gasteiger partial charge on any atom is -0.392 e. The van der Waals surface area contributed by atoms with Gasteiger partial charge in [0, 0.05) is 16.5 Å². The quantitative estimate of drug-likeness (QED) is 0.790. The number of thioether (sulfide) groups is 1. The summed E-state index contributed by atoms with van der Waals surface area (Å²) in [6, 6.07) is 0. The maximum Gasteiger partial charge on any atom is 0.254 e. The molecular formula is C12H18N2O2S. The van der Waals surface area contributed by atoms with E-state index in [1.807, 2.05) is 6.92 Å². The van der Waals surface area contributed by atoms with E-state index in [-0.39, 0.29) is 16.9 Å². The summed E-state index contributed by atoms with van der Waals surface area (Å²) < 4.78 is 0. The van der Waals surface area contributed by atoms with Crippen LogP contribution in [0.4, 0.5) is 0 Å². The first-order valence-corrected chi connectivity index (χ1v) is 6.88. The number of aryl methyl sites for hydroxylation is 1. The first-order chi connectivity index (χ1) is 8.08. The van der Waals surface area contributed by atoms with Gasteiger partial charge in [-0.1, -0.05) is 24.6 Å². The minimum absolute atomic E-state index is 0.0784. The Hall–Kier alpha value is -0.810. The lowest BCUT2D eigenvalue weighted by atomic mass is 9.97. The average molecular weight is 254 g/mol. The van der Waals surface area contributed by atoms with E-state index >= 15 is 0 Å². The van der Waals surface area contributed by atoms with Crippen molar-refractivity contribution in [2.24, 2.45) is 0 Å². The number of nitrogens with zero attached hydrogens (tertiary/aromatic N) is 1. The van der Waals surface area contributed by atoms with Crippen LogP contribution in [-0.2, 0) is 0 Å². The largest absolute Gasteiger partial charge is 0.392 e. The molecule has 0 bridgehead atoms. The third-order valence-corrected chi connectivity index (χ3v) is 4.57. The van der Waals surface area contributed by atoms with E-state index in [9.17, 15) is 9.90 Å². The molecule has 2 unspecified atom stereocenters. The van der Waals surface area contributed by atoms with E-state index in [2.05, 4.69) is 9.97 Å². The fraction of sp³-hybridized carbons (Fsp3) is 0.667. The molecule has 0 aromatic carbocycles. The van der Waals surface area contributed by atoms with Crippen LogP contribution in [0.5, 0.6) is 0 Å². The predicted octanol–water partition coefficient (Wildman–Crippen LogP) is 1.78. The van der Waals surface area contributed by atoms with Crippen LogP contribution in [0.2, 0.25) is 0 Å². The fourth-order valence-electron chi connectivity index (χ4n) is 2.03. The summed E-state index contributed by atoms with van der Waals surface area (Å²) in [6.07, 6.45) is 3.80. The summed E-state index contributed by atoms with van der Waals surface area (Å²) in [7, 11) is 0. The summed E-state index contributed by atoms with van der Waals surface area (Å²) >= 11 is 1.49. The SMILES string of the molecule is Cc1nc(SC2CCCCC2O)[nH]c(=O)c1C. The molecule has 5 heteroatoms. The van der Waals surface area contributed by atoms with Crippen molar-refractivity contribution < 1.29 is 5.11 Å². The van der Waals surface area contributed by atoms with Gasteiger partial charge in [0.25, 0.3) is 5.56 Å². The molecule has 1 aromatic heterocycles. The molecular weight excluding hydrogens is 236 g/mol. The molecule has 2 N–H and O–H groups in total. The molecule has 1 aromatic rings. The molecule has 17 heavy (non-hydrogen) atoms. The molecule has 94 valence electrons. The Morgan fingerprint density at radius 1 is 1.35 bits per heavy atom. The Kier molecular flexibility index (Phi) is 3.89. The summed E-state index contributed by atoms with van der Waals surface area (Å²) in [5.74, 6) is 0. The molecule has 2 rings (SSSR count). The van der Waals surface area contributed by atoms with Gasteiger partial charge in [0.1, 0.15) is 0 Å². The topological polar surface area (TPSA) is 66.0 Å². The van der Waals surface area contributed by atoms with E-state index in [1.54, 1.807) is 6.92 Å². The number of aromatic amines is 1. The molecule has 0 amide bonds. The Morgan fingerprint density at radius 2 is 2.06 bits per heavy atom. The van der Waals surface area contributed by atoms with Crippen LogP contribution in [0.1, 0.15) is 36.9 Å². The Bertz CT molecular complexity index is 458. The molecule has 0 aliphatic heterocycles. The van der Waals surface area contributed by atoms with Crippen LogP contribution in [0.15, 0.2) is 9.95 Å². The smallest absolute Gasteiger partial charge is 0.254 e. The first-order valence-electron chi connectivity index (χ1n) is 6.00. The molecule has 1 saturated carbocycles. The zero-order valence-electron chi connectivity index (χ0n) is 10.2. The van der Waals surface area contributed by atoms with E-state index in [4.69, 9.17) is 0 Å². The number of aliphatic hydroxyl groups excluding tert-OH is 1. The monoisotopic (exact) mass is 254 g/mol. The number of aromatic nitrogens is 2. The second-order valence-electron chi connectivity index (χ2n) is 4.59. The van der Waals surface area contributed by atoms with E-state index in [1.165, 1.54) is 11.8 Å². The highest BCUT2D eigenvalue weighted by Crippen LogP contribution is 2.31. The summed E-state index contributed by atoms with van der Waals surface area (Å²) in [6.45, 7) is 3.61. The average Bonchev–Trinajstić information content (AvgIpc) is 2.29. The van der Waals surface area contributed by atoms with Crippen molar-refractivity contribution in [1.29, 1.82) is 0 Å². The lowest BCUT2D eigenvalue weighted by Gasteiger charge is -2.26. The molecule has 1 aliphatic carbocycles. The predicted molar refractivity (Wildman–Crippen MR) is 68.5 cm³/mol. The Balaban J connectivity index is 2.15. The van der Waals surface area contributed by atoms with Crippen molar-refractivity contribution in [1.82, 2.24) is 9.97 Å². The van der Waals surface area contributed by atoms with Gasteiger partial charge in [0.2, 0.25) is 0 Å². The van der Waals surface area contributed by atoms with Gasteiger partial charge in [0.05, 0.1) is 6.10 Å². The first kappa shape index (κ1) is 12.6. The van der Waals surface area contributed by atoms with Crippen molar-refractivity contribution >= 4 is 11.8 Å². The highest BCUT2D eigenvalue weighted by atomic mass is 32.2. The standard InChI is InChI=1S/C12H18N2O2S/c1-7-8(2)13-12(14-11(7)16)17-10-6-4-3-5-9(10)15/h9-10,15H,3-6H2,1-2H3,(H,13,14,16). The number of hydrogen-bond donors (Lipinski definition) is 2. The number of H-pyrrole nitrogens is 1. The molecule has 2 atom stereocenters. The number of nitrogens with one attached hydrogen (secondary N) is 1. The molecule has 1 fully saturated rings. The highest BCUT2D eigenvalue weighted by molar-refractivity contribution is 7.99. The van der Waals surface area contributed by atoms with Crippen LogP contribution < -0.4 is 5.56 Å². The second-order valence-corrected chi connectivity index (χ2v) is 5.82. The van der Waals surface area contributed by atoms with Crippen molar-refractivity contribution in [3.05, 3.63) is 21.6 Å². The van der Waals surface area contributed by atoms with Gasteiger partial charge in [-0.2, -0.15) is 0 Å². The van der Waals surface area contributed by atoms with Crippen molar-refractivity contribution in [3.63, 3.8) is 0 Å². The van der Waals surface area contributed by atoms with Crippen molar-refractivity contribution in [2.45, 2.75) is 56.0 Å². The maximum atomic E-state index is 11.6. The molecule has 0 saturated heterocycles. The van der Waals surface area contributed by atoms with Crippen LogP contribution in [-0.4, -0.2) is 26.4 Å². The second kappa shape index (κ2) is 5.23. The summed E-state index contributed by atoms with van der Waals surface area (Å²) in [4.78, 5) is 18.7. The Morgan fingerprint density at radius 3 is 2.71 bits per heavy atom. The summed E-state index contributed by atoms with van der Waals surface area (Å²) in [5, 5.41) is 10.7. The summed E-state index contributed by atoms with van der Waals surface area (Å²) in [5.41, 5.74) is 1.35. The van der Waals surface area contributed by atoms with Gasteiger partial charge in [-0.05, 0) is 26.7 Å². The molecule has 1 heterocycles. The lowest BCUT2D eigenvalue weighted by molar-refractivity contribution is 0.137. The molecule has 0 spiro atoms. The van der Waals surface area contributed by atoms with E-state index < -0.39 is 0 Å². The molecule has 4 nitrogen and oxygen atoms in total. The van der Waals surface area contributed by atoms with E-state index in [0.717, 1.165) is 31.4 Å². The number of aliphatic hydroxyl groups is 1. The fourth-order valence-corrected chi connectivity index (χ4v) is 3.24. The number of hydrogen-bond acceptors (Lipinski definition) is 4. The normalized spacial score (nSPS) is 24.9. The van der Waals surface area contributed by atoms with Crippen LogP contribution in [0, 0.1) is 13.8 Å². The van der Waals surface area contributed by atoms with Crippen LogP contribution in [0.3, 0.4) is 0 Å². The maximum absolute atomic E-state index is 11.6. The molecule has 1 aliphatic rings.